The third-order valence-electron chi connectivity index (χ3n) is 6.07. The summed E-state index contributed by atoms with van der Waals surface area (Å²) < 4.78 is 51.7. The van der Waals surface area contributed by atoms with E-state index in [1.807, 2.05) is 0 Å². The number of rotatable bonds is 6. The van der Waals surface area contributed by atoms with Gasteiger partial charge in [-0.3, -0.25) is 0 Å². The van der Waals surface area contributed by atoms with E-state index in [9.17, 15) is 22.7 Å². The van der Waals surface area contributed by atoms with Crippen LogP contribution >= 0.6 is 0 Å². The van der Waals surface area contributed by atoms with E-state index in [1.54, 1.807) is 55.5 Å². The van der Waals surface area contributed by atoms with Crippen molar-refractivity contribution in [1.29, 1.82) is 0 Å². The number of hydrogen-bond donors (Lipinski definition) is 1. The molecular formula is C31H30F4O. The van der Waals surface area contributed by atoms with Crippen LogP contribution in [0.25, 0.3) is 0 Å². The highest BCUT2D eigenvalue weighted by Crippen LogP contribution is 2.32. The lowest BCUT2D eigenvalue weighted by Crippen LogP contribution is -2.16. The van der Waals surface area contributed by atoms with E-state index in [1.165, 1.54) is 48.5 Å². The van der Waals surface area contributed by atoms with E-state index in [4.69, 9.17) is 0 Å². The quantitative estimate of drug-likeness (QED) is 0.268. The Morgan fingerprint density at radius 3 is 0.833 bits per heavy atom. The lowest BCUT2D eigenvalue weighted by molar-refractivity contribution is 0.176. The molecule has 0 aliphatic carbocycles. The molecule has 36 heavy (non-hydrogen) atoms. The average Bonchev–Trinajstić information content (AvgIpc) is 2.84. The molecule has 5 heteroatoms. The molecule has 0 saturated carbocycles. The van der Waals surface area contributed by atoms with Crippen molar-refractivity contribution in [3.8, 4) is 0 Å². The van der Waals surface area contributed by atoms with Crippen molar-refractivity contribution in [2.75, 3.05) is 0 Å². The molecule has 0 fully saturated rings. The van der Waals surface area contributed by atoms with Crippen LogP contribution in [0.2, 0.25) is 0 Å². The van der Waals surface area contributed by atoms with Crippen molar-refractivity contribution in [3.63, 3.8) is 0 Å². The highest BCUT2D eigenvalue weighted by Gasteiger charge is 2.20. The van der Waals surface area contributed by atoms with Gasteiger partial charge in [-0.25, -0.2) is 17.6 Å². The van der Waals surface area contributed by atoms with Gasteiger partial charge < -0.3 is 5.11 Å². The van der Waals surface area contributed by atoms with Gasteiger partial charge >= 0.3 is 0 Å². The average molecular weight is 495 g/mol. The molecule has 1 nitrogen and oxygen atoms in total. The van der Waals surface area contributed by atoms with Crippen molar-refractivity contribution in [3.05, 3.63) is 143 Å². The largest absolute Gasteiger partial charge is 0.392 e. The van der Waals surface area contributed by atoms with Gasteiger partial charge in [-0.2, -0.15) is 0 Å². The Morgan fingerprint density at radius 1 is 0.417 bits per heavy atom. The summed E-state index contributed by atoms with van der Waals surface area (Å²) in [5.41, 5.74) is 3.71. The molecule has 0 aliphatic rings. The number of halogens is 4. The fraction of sp³-hybridized carbons (Fsp3) is 0.226. The topological polar surface area (TPSA) is 20.2 Å². The first-order valence-electron chi connectivity index (χ1n) is 11.9. The van der Waals surface area contributed by atoms with Crippen LogP contribution < -0.4 is 0 Å². The van der Waals surface area contributed by atoms with Crippen LogP contribution in [0.1, 0.15) is 54.9 Å². The Kier molecular flexibility index (Phi) is 9.43. The van der Waals surface area contributed by atoms with Gasteiger partial charge in [-0.15, -0.1) is 0 Å². The molecule has 1 atom stereocenters. The molecule has 4 aromatic carbocycles. The van der Waals surface area contributed by atoms with Gasteiger partial charge in [0.15, 0.2) is 0 Å². The maximum absolute atomic E-state index is 13.0. The molecular weight excluding hydrogens is 464 g/mol. The van der Waals surface area contributed by atoms with Crippen molar-refractivity contribution in [2.24, 2.45) is 5.92 Å². The van der Waals surface area contributed by atoms with E-state index < -0.39 is 6.10 Å². The summed E-state index contributed by atoms with van der Waals surface area (Å²) in [6, 6.07) is 25.0. The van der Waals surface area contributed by atoms with Crippen molar-refractivity contribution in [2.45, 2.75) is 38.7 Å². The standard InChI is InChI=1S/C16H16F2.C15H14F2O/c1-11(2)16(12-3-7-14(17)8-4-12)13-5-9-15(18)10-6-13;1-10(18)15(11-2-6-13(16)7-3-11)12-4-8-14(17)9-5-12/h3-11,16H,1-2H3;2-10,15,18H,1H3/t;10-/m.0/s1. The fourth-order valence-corrected chi connectivity index (χ4v) is 4.39. The summed E-state index contributed by atoms with van der Waals surface area (Å²) in [6.07, 6.45) is -0.638. The molecule has 0 aliphatic heterocycles. The van der Waals surface area contributed by atoms with Gasteiger partial charge in [-0.1, -0.05) is 62.4 Å². The van der Waals surface area contributed by atoms with Gasteiger partial charge in [0.2, 0.25) is 0 Å². The van der Waals surface area contributed by atoms with E-state index in [-0.39, 0.29) is 35.1 Å². The predicted molar refractivity (Wildman–Crippen MR) is 136 cm³/mol. The Balaban J connectivity index is 0.000000201. The highest BCUT2D eigenvalue weighted by molar-refractivity contribution is 5.35. The first-order valence-corrected chi connectivity index (χ1v) is 11.9. The van der Waals surface area contributed by atoms with Crippen LogP contribution in [0.15, 0.2) is 97.1 Å². The van der Waals surface area contributed by atoms with Crippen LogP contribution in [0.4, 0.5) is 17.6 Å². The van der Waals surface area contributed by atoms with Gasteiger partial charge in [0.05, 0.1) is 6.10 Å². The predicted octanol–water partition coefficient (Wildman–Crippen LogP) is 8.23. The molecule has 0 spiro atoms. The summed E-state index contributed by atoms with van der Waals surface area (Å²) in [4.78, 5) is 0. The van der Waals surface area contributed by atoms with Gasteiger partial charge in [0.1, 0.15) is 23.3 Å². The summed E-state index contributed by atoms with van der Waals surface area (Å²) in [7, 11) is 0. The van der Waals surface area contributed by atoms with Gasteiger partial charge in [0.25, 0.3) is 0 Å². The minimum Gasteiger partial charge on any atom is -0.392 e. The van der Waals surface area contributed by atoms with E-state index in [0.717, 1.165) is 22.3 Å². The maximum atomic E-state index is 13.0. The lowest BCUT2D eigenvalue weighted by atomic mass is 9.83. The van der Waals surface area contributed by atoms with Crippen molar-refractivity contribution in [1.82, 2.24) is 0 Å². The van der Waals surface area contributed by atoms with Crippen LogP contribution in [-0.4, -0.2) is 11.2 Å². The van der Waals surface area contributed by atoms with E-state index >= 15 is 0 Å². The molecule has 0 radical (unpaired) electrons. The highest BCUT2D eigenvalue weighted by atomic mass is 19.1. The monoisotopic (exact) mass is 494 g/mol. The Bertz CT molecular complexity index is 1010. The van der Waals surface area contributed by atoms with Gasteiger partial charge in [0, 0.05) is 11.8 Å². The zero-order valence-corrected chi connectivity index (χ0v) is 20.5. The zero-order chi connectivity index (χ0) is 26.2. The van der Waals surface area contributed by atoms with Crippen LogP contribution in [0.5, 0.6) is 0 Å². The van der Waals surface area contributed by atoms with Crippen molar-refractivity contribution >= 4 is 0 Å². The van der Waals surface area contributed by atoms with Gasteiger partial charge in [-0.05, 0) is 83.6 Å². The molecule has 1 N–H and O–H groups in total. The maximum Gasteiger partial charge on any atom is 0.123 e. The lowest BCUT2D eigenvalue weighted by Gasteiger charge is -2.22. The normalized spacial score (nSPS) is 12.0. The van der Waals surface area contributed by atoms with Crippen LogP contribution in [-0.2, 0) is 0 Å². The summed E-state index contributed by atoms with van der Waals surface area (Å²) in [5.74, 6) is -0.872. The minimum absolute atomic E-state index is 0.159. The number of benzene rings is 4. The number of aliphatic hydroxyl groups excluding tert-OH is 1. The minimum atomic E-state index is -0.638. The third-order valence-corrected chi connectivity index (χ3v) is 6.07. The summed E-state index contributed by atoms with van der Waals surface area (Å²) in [5, 5.41) is 9.87. The van der Waals surface area contributed by atoms with Crippen molar-refractivity contribution < 1.29 is 22.7 Å². The van der Waals surface area contributed by atoms with E-state index in [0.29, 0.717) is 5.92 Å². The second-order valence-electron chi connectivity index (χ2n) is 9.15. The molecule has 0 bridgehead atoms. The molecule has 0 amide bonds. The first-order chi connectivity index (χ1) is 17.2. The number of hydrogen-bond acceptors (Lipinski definition) is 1. The Morgan fingerprint density at radius 2 is 0.639 bits per heavy atom. The number of aliphatic hydroxyl groups is 1. The molecule has 0 unspecified atom stereocenters. The fourth-order valence-electron chi connectivity index (χ4n) is 4.39. The van der Waals surface area contributed by atoms with Crippen LogP contribution in [0, 0.1) is 29.2 Å². The third kappa shape index (κ3) is 7.28. The molecule has 0 saturated heterocycles. The Labute approximate surface area is 210 Å². The molecule has 188 valence electrons. The summed E-state index contributed by atoms with van der Waals surface area (Å²) in [6.45, 7) is 5.88. The Hall–Kier alpha value is -3.44. The second-order valence-corrected chi connectivity index (χ2v) is 9.15. The molecule has 0 heterocycles. The molecule has 0 aromatic heterocycles. The molecule has 4 aromatic rings. The smallest absolute Gasteiger partial charge is 0.123 e. The summed E-state index contributed by atoms with van der Waals surface area (Å²) >= 11 is 0. The second kappa shape index (κ2) is 12.5. The zero-order valence-electron chi connectivity index (χ0n) is 20.5. The molecule has 4 rings (SSSR count). The first kappa shape index (κ1) is 27.2. The SMILES string of the molecule is CC(C)C(c1ccc(F)cc1)c1ccc(F)cc1.C[C@H](O)C(c1ccc(F)cc1)c1ccc(F)cc1. The van der Waals surface area contributed by atoms with Crippen LogP contribution in [0.3, 0.4) is 0 Å². The van der Waals surface area contributed by atoms with E-state index in [2.05, 4.69) is 13.8 Å².